The van der Waals surface area contributed by atoms with Gasteiger partial charge in [0.2, 0.25) is 5.88 Å². The number of amidine groups is 1. The molecule has 0 aliphatic heterocycles. The number of halogens is 1. The molecule has 0 spiro atoms. The Morgan fingerprint density at radius 2 is 2.00 bits per heavy atom. The summed E-state index contributed by atoms with van der Waals surface area (Å²) in [7, 11) is 1.51. The van der Waals surface area contributed by atoms with E-state index >= 15 is 0 Å². The Labute approximate surface area is 159 Å². The number of hydrogen-bond donors (Lipinski definition) is 2. The minimum absolute atomic E-state index is 0.186. The number of methoxy groups -OCH3 is 1. The summed E-state index contributed by atoms with van der Waals surface area (Å²) < 4.78 is 5.07. The molecule has 2 heterocycles. The predicted molar refractivity (Wildman–Crippen MR) is 106 cm³/mol. The van der Waals surface area contributed by atoms with E-state index in [0.29, 0.717) is 22.4 Å². The van der Waals surface area contributed by atoms with Crippen molar-refractivity contribution in [2.45, 2.75) is 0 Å². The van der Waals surface area contributed by atoms with Crippen LogP contribution in [0.1, 0.15) is 5.69 Å². The first-order valence-electron chi connectivity index (χ1n) is 8.09. The van der Waals surface area contributed by atoms with E-state index in [4.69, 9.17) is 22.1 Å². The molecule has 8 heteroatoms. The summed E-state index contributed by atoms with van der Waals surface area (Å²) in [4.78, 5) is 12.7. The van der Waals surface area contributed by atoms with Gasteiger partial charge in [0.1, 0.15) is 5.69 Å². The van der Waals surface area contributed by atoms with E-state index < -0.39 is 0 Å². The Hall–Kier alpha value is -3.45. The van der Waals surface area contributed by atoms with E-state index in [2.05, 4.69) is 25.2 Å². The van der Waals surface area contributed by atoms with E-state index in [-0.39, 0.29) is 5.84 Å². The van der Waals surface area contributed by atoms with Crippen LogP contribution in [0.4, 0.5) is 5.82 Å². The van der Waals surface area contributed by atoms with Gasteiger partial charge in [0.15, 0.2) is 11.7 Å². The molecule has 4 aromatic rings. The lowest BCUT2D eigenvalue weighted by atomic mass is 10.0. The van der Waals surface area contributed by atoms with Gasteiger partial charge in [0.05, 0.1) is 30.0 Å². The molecular weight excluding hydrogens is 364 g/mol. The fourth-order valence-corrected chi connectivity index (χ4v) is 2.96. The number of aromatic amines is 1. The molecule has 2 aromatic heterocycles. The number of benzene rings is 2. The molecule has 0 unspecified atom stereocenters. The minimum atomic E-state index is 0.186. The number of nitrogens with zero attached hydrogens (tertiary/aromatic N) is 4. The monoisotopic (exact) mass is 378 g/mol. The molecule has 0 saturated carbocycles. The standard InChI is InChI=1S/C19H15ClN6O/c1-27-17-10-22-9-16(23-17)18(21)24-19-13-7-12(11-5-3-2-4-6-11)14(20)8-15(13)25-26-19/h2-10H,1H3,(H3,21,24,25,26). The van der Waals surface area contributed by atoms with Crippen LogP contribution in [0.3, 0.4) is 0 Å². The molecule has 0 aliphatic rings. The van der Waals surface area contributed by atoms with Crippen molar-refractivity contribution in [3.05, 3.63) is 65.6 Å². The Morgan fingerprint density at radius 3 is 2.78 bits per heavy atom. The summed E-state index contributed by atoms with van der Waals surface area (Å²) in [5, 5.41) is 8.61. The van der Waals surface area contributed by atoms with Crippen molar-refractivity contribution in [3.8, 4) is 17.0 Å². The van der Waals surface area contributed by atoms with Gasteiger partial charge in [-0.3, -0.25) is 10.1 Å². The molecule has 2 aromatic carbocycles. The Morgan fingerprint density at radius 1 is 1.19 bits per heavy atom. The van der Waals surface area contributed by atoms with Crippen molar-refractivity contribution in [1.82, 2.24) is 20.2 Å². The first-order valence-corrected chi connectivity index (χ1v) is 8.47. The third-order valence-corrected chi connectivity index (χ3v) is 4.34. The highest BCUT2D eigenvalue weighted by atomic mass is 35.5. The zero-order valence-corrected chi connectivity index (χ0v) is 15.1. The van der Waals surface area contributed by atoms with Gasteiger partial charge in [-0.1, -0.05) is 41.9 Å². The van der Waals surface area contributed by atoms with E-state index in [1.54, 1.807) is 0 Å². The average Bonchev–Trinajstić information content (AvgIpc) is 3.09. The summed E-state index contributed by atoms with van der Waals surface area (Å²) in [6.45, 7) is 0. The van der Waals surface area contributed by atoms with Crippen molar-refractivity contribution in [2.75, 3.05) is 7.11 Å². The van der Waals surface area contributed by atoms with Gasteiger partial charge >= 0.3 is 0 Å². The first kappa shape index (κ1) is 17.0. The van der Waals surface area contributed by atoms with Crippen LogP contribution in [-0.2, 0) is 0 Å². The maximum Gasteiger partial charge on any atom is 0.232 e. The highest BCUT2D eigenvalue weighted by Crippen LogP contribution is 2.34. The van der Waals surface area contributed by atoms with Gasteiger partial charge in [-0.05, 0) is 17.7 Å². The summed E-state index contributed by atoms with van der Waals surface area (Å²) >= 11 is 6.44. The number of nitrogens with one attached hydrogen (secondary N) is 1. The molecule has 3 N–H and O–H groups in total. The van der Waals surface area contributed by atoms with Crippen molar-refractivity contribution in [2.24, 2.45) is 10.7 Å². The maximum atomic E-state index is 6.44. The average molecular weight is 379 g/mol. The topological polar surface area (TPSA) is 102 Å². The first-order chi connectivity index (χ1) is 13.2. The fraction of sp³-hybridized carbons (Fsp3) is 0.0526. The predicted octanol–water partition coefficient (Wildman–Crippen LogP) is 3.72. The van der Waals surface area contributed by atoms with E-state index in [9.17, 15) is 0 Å². The zero-order valence-electron chi connectivity index (χ0n) is 14.3. The van der Waals surface area contributed by atoms with Crippen LogP contribution in [0.15, 0.2) is 59.9 Å². The molecule has 0 amide bonds. The van der Waals surface area contributed by atoms with Crippen molar-refractivity contribution < 1.29 is 4.74 Å². The van der Waals surface area contributed by atoms with Crippen LogP contribution in [0.2, 0.25) is 5.02 Å². The molecule has 0 aliphatic carbocycles. The molecule has 0 atom stereocenters. The molecule has 0 saturated heterocycles. The van der Waals surface area contributed by atoms with Crippen LogP contribution in [0.5, 0.6) is 5.88 Å². The number of aromatic nitrogens is 4. The number of hydrogen-bond acceptors (Lipinski definition) is 5. The highest BCUT2D eigenvalue weighted by molar-refractivity contribution is 6.34. The quantitative estimate of drug-likeness (QED) is 0.416. The minimum Gasteiger partial charge on any atom is -0.480 e. The molecule has 4 rings (SSSR count). The van der Waals surface area contributed by atoms with Gasteiger partial charge in [-0.2, -0.15) is 5.10 Å². The number of H-pyrrole nitrogens is 1. The molecule has 0 fully saturated rings. The lowest BCUT2D eigenvalue weighted by Crippen LogP contribution is -2.15. The van der Waals surface area contributed by atoms with E-state index in [1.807, 2.05) is 42.5 Å². The second-order valence-corrected chi connectivity index (χ2v) is 6.14. The summed E-state index contributed by atoms with van der Waals surface area (Å²) in [5.74, 6) is 0.989. The van der Waals surface area contributed by atoms with Gasteiger partial charge in [-0.25, -0.2) is 9.98 Å². The SMILES string of the molecule is COc1cncc(C(N)=Nc2n[nH]c3cc(Cl)c(-c4ccccc4)cc23)n1. The number of rotatable bonds is 4. The molecule has 0 bridgehead atoms. The second-order valence-electron chi connectivity index (χ2n) is 5.73. The van der Waals surface area contributed by atoms with Crippen molar-refractivity contribution >= 4 is 34.2 Å². The molecule has 134 valence electrons. The summed E-state index contributed by atoms with van der Waals surface area (Å²) in [6.07, 6.45) is 3.01. The molecular formula is C19H15ClN6O. The largest absolute Gasteiger partial charge is 0.480 e. The second kappa shape index (κ2) is 7.05. The molecule has 0 radical (unpaired) electrons. The lowest BCUT2D eigenvalue weighted by Gasteiger charge is -2.05. The van der Waals surface area contributed by atoms with E-state index in [1.165, 1.54) is 19.5 Å². The third kappa shape index (κ3) is 3.32. The number of fused-ring (bicyclic) bond motifs is 1. The Bertz CT molecular complexity index is 1140. The highest BCUT2D eigenvalue weighted by Gasteiger charge is 2.12. The van der Waals surface area contributed by atoms with Crippen LogP contribution in [0, 0.1) is 0 Å². The number of nitrogens with two attached hydrogens (primary N) is 1. The molecule has 7 nitrogen and oxygen atoms in total. The lowest BCUT2D eigenvalue weighted by molar-refractivity contribution is 0.395. The van der Waals surface area contributed by atoms with Crippen LogP contribution < -0.4 is 10.5 Å². The van der Waals surface area contributed by atoms with E-state index in [0.717, 1.165) is 22.0 Å². The fourth-order valence-electron chi connectivity index (χ4n) is 2.69. The Balaban J connectivity index is 1.80. The van der Waals surface area contributed by atoms with Crippen LogP contribution in [-0.4, -0.2) is 33.1 Å². The number of ether oxygens (including phenoxy) is 1. The van der Waals surface area contributed by atoms with Gasteiger partial charge in [-0.15, -0.1) is 0 Å². The van der Waals surface area contributed by atoms with Gasteiger partial charge in [0, 0.05) is 10.9 Å². The number of aliphatic imine (C=N–C) groups is 1. The van der Waals surface area contributed by atoms with Crippen LogP contribution in [0.25, 0.3) is 22.0 Å². The van der Waals surface area contributed by atoms with Gasteiger partial charge in [0.25, 0.3) is 0 Å². The summed E-state index contributed by atoms with van der Waals surface area (Å²) in [6, 6.07) is 13.6. The maximum absolute atomic E-state index is 6.44. The Kier molecular flexibility index (Phi) is 4.43. The smallest absolute Gasteiger partial charge is 0.232 e. The van der Waals surface area contributed by atoms with Crippen LogP contribution >= 0.6 is 11.6 Å². The normalized spacial score (nSPS) is 11.7. The van der Waals surface area contributed by atoms with Gasteiger partial charge < -0.3 is 10.5 Å². The van der Waals surface area contributed by atoms with Crippen molar-refractivity contribution in [3.63, 3.8) is 0 Å². The molecule has 27 heavy (non-hydrogen) atoms. The zero-order chi connectivity index (χ0) is 18.8. The summed E-state index contributed by atoms with van der Waals surface area (Å²) in [5.41, 5.74) is 9.16. The van der Waals surface area contributed by atoms with Crippen molar-refractivity contribution in [1.29, 1.82) is 0 Å². The third-order valence-electron chi connectivity index (χ3n) is 4.03.